The number of rotatable bonds is 6. The Labute approximate surface area is 127 Å². The second-order valence-corrected chi connectivity index (χ2v) is 5.49. The molecule has 0 spiro atoms. The third-order valence-electron chi connectivity index (χ3n) is 2.14. The van der Waals surface area contributed by atoms with Crippen LogP contribution in [0.25, 0.3) is 0 Å². The maximum Gasteiger partial charge on any atom is 0.321 e. The minimum absolute atomic E-state index is 0.0809. The molecule has 0 unspecified atom stereocenters. The van der Waals surface area contributed by atoms with E-state index in [-0.39, 0.29) is 11.8 Å². The SMILES string of the molecule is CC(C)NC(=O)NC(=O)COC(=O)CSc1ccccc1. The summed E-state index contributed by atoms with van der Waals surface area (Å²) < 4.78 is 4.78. The fourth-order valence-electron chi connectivity index (χ4n) is 1.31. The van der Waals surface area contributed by atoms with E-state index in [2.05, 4.69) is 10.6 Å². The number of amides is 3. The average molecular weight is 310 g/mol. The van der Waals surface area contributed by atoms with E-state index in [1.807, 2.05) is 30.3 Å². The van der Waals surface area contributed by atoms with Crippen LogP contribution >= 0.6 is 11.8 Å². The van der Waals surface area contributed by atoms with Crippen LogP contribution < -0.4 is 10.6 Å². The van der Waals surface area contributed by atoms with Crippen LogP contribution in [-0.2, 0) is 14.3 Å². The third kappa shape index (κ3) is 7.98. The first-order chi connectivity index (χ1) is 9.97. The second-order valence-electron chi connectivity index (χ2n) is 4.44. The van der Waals surface area contributed by atoms with Crippen LogP contribution in [-0.4, -0.2) is 36.3 Å². The van der Waals surface area contributed by atoms with Gasteiger partial charge in [0.1, 0.15) is 0 Å². The largest absolute Gasteiger partial charge is 0.455 e. The van der Waals surface area contributed by atoms with Gasteiger partial charge in [-0.15, -0.1) is 11.8 Å². The average Bonchev–Trinajstić information content (AvgIpc) is 2.43. The van der Waals surface area contributed by atoms with Gasteiger partial charge in [0, 0.05) is 10.9 Å². The van der Waals surface area contributed by atoms with E-state index < -0.39 is 24.5 Å². The standard InChI is InChI=1S/C14H18N2O4S/c1-10(2)15-14(19)16-12(17)8-20-13(18)9-21-11-6-4-3-5-7-11/h3-7,10H,8-9H2,1-2H3,(H2,15,16,17,19). The predicted molar refractivity (Wildman–Crippen MR) is 79.9 cm³/mol. The van der Waals surface area contributed by atoms with E-state index in [4.69, 9.17) is 4.74 Å². The number of ether oxygens (including phenoxy) is 1. The molecule has 2 N–H and O–H groups in total. The van der Waals surface area contributed by atoms with Crippen molar-refractivity contribution in [1.82, 2.24) is 10.6 Å². The maximum atomic E-state index is 11.5. The number of imide groups is 1. The van der Waals surface area contributed by atoms with Gasteiger partial charge >= 0.3 is 12.0 Å². The second kappa shape index (κ2) is 9.02. The van der Waals surface area contributed by atoms with Crippen LogP contribution in [0.3, 0.4) is 0 Å². The van der Waals surface area contributed by atoms with Crippen molar-refractivity contribution in [3.8, 4) is 0 Å². The minimum Gasteiger partial charge on any atom is -0.455 e. The molecule has 1 aromatic carbocycles. The number of carbonyl (C=O) groups excluding carboxylic acids is 3. The molecule has 0 saturated carbocycles. The maximum absolute atomic E-state index is 11.5. The Bertz CT molecular complexity index is 491. The summed E-state index contributed by atoms with van der Waals surface area (Å²) in [5.41, 5.74) is 0. The molecule has 0 aromatic heterocycles. The number of carbonyl (C=O) groups is 3. The van der Waals surface area contributed by atoms with Crippen molar-refractivity contribution >= 4 is 29.7 Å². The molecule has 1 rings (SSSR count). The zero-order valence-electron chi connectivity index (χ0n) is 11.9. The molecule has 114 valence electrons. The Morgan fingerprint density at radius 1 is 1.19 bits per heavy atom. The van der Waals surface area contributed by atoms with Gasteiger partial charge in [0.15, 0.2) is 6.61 Å². The number of hydrogen-bond acceptors (Lipinski definition) is 5. The fourth-order valence-corrected chi connectivity index (χ4v) is 2.03. The first-order valence-corrected chi connectivity index (χ1v) is 7.39. The molecule has 3 amide bonds. The lowest BCUT2D eigenvalue weighted by Gasteiger charge is -2.09. The summed E-state index contributed by atoms with van der Waals surface area (Å²) in [5, 5.41) is 4.56. The van der Waals surface area contributed by atoms with Crippen LogP contribution in [0.5, 0.6) is 0 Å². The summed E-state index contributed by atoms with van der Waals surface area (Å²) in [5.74, 6) is -1.07. The van der Waals surface area contributed by atoms with E-state index >= 15 is 0 Å². The van der Waals surface area contributed by atoms with Gasteiger partial charge in [-0.1, -0.05) is 18.2 Å². The van der Waals surface area contributed by atoms with Crippen molar-refractivity contribution < 1.29 is 19.1 Å². The molecule has 7 heteroatoms. The molecule has 0 heterocycles. The normalized spacial score (nSPS) is 10.0. The molecular weight excluding hydrogens is 292 g/mol. The lowest BCUT2D eigenvalue weighted by atomic mass is 10.4. The topological polar surface area (TPSA) is 84.5 Å². The summed E-state index contributed by atoms with van der Waals surface area (Å²) in [6, 6.07) is 8.69. The van der Waals surface area contributed by atoms with Crippen molar-refractivity contribution in [2.75, 3.05) is 12.4 Å². The lowest BCUT2D eigenvalue weighted by Crippen LogP contribution is -2.44. The number of urea groups is 1. The first kappa shape index (κ1) is 17.0. The highest BCUT2D eigenvalue weighted by molar-refractivity contribution is 8.00. The van der Waals surface area contributed by atoms with Crippen molar-refractivity contribution in [3.63, 3.8) is 0 Å². The Hall–Kier alpha value is -2.02. The highest BCUT2D eigenvalue weighted by atomic mass is 32.2. The zero-order chi connectivity index (χ0) is 15.7. The van der Waals surface area contributed by atoms with Crippen LogP contribution in [0.2, 0.25) is 0 Å². The minimum atomic E-state index is -0.661. The van der Waals surface area contributed by atoms with Gasteiger partial charge in [0.05, 0.1) is 5.75 Å². The summed E-state index contributed by atoms with van der Waals surface area (Å²) in [6.45, 7) is 3.06. The molecule has 1 aromatic rings. The van der Waals surface area contributed by atoms with Gasteiger partial charge in [0.25, 0.3) is 5.91 Å². The molecule has 0 aliphatic heterocycles. The lowest BCUT2D eigenvalue weighted by molar-refractivity contribution is -0.145. The molecule has 6 nitrogen and oxygen atoms in total. The Kier molecular flexibility index (Phi) is 7.31. The molecule has 0 bridgehead atoms. The van der Waals surface area contributed by atoms with E-state index in [9.17, 15) is 14.4 Å². The van der Waals surface area contributed by atoms with Gasteiger partial charge in [-0.05, 0) is 26.0 Å². The van der Waals surface area contributed by atoms with E-state index in [0.717, 1.165) is 4.90 Å². The molecule has 0 fully saturated rings. The summed E-state index contributed by atoms with van der Waals surface area (Å²) >= 11 is 1.32. The highest BCUT2D eigenvalue weighted by Gasteiger charge is 2.11. The van der Waals surface area contributed by atoms with Gasteiger partial charge < -0.3 is 10.1 Å². The Balaban J connectivity index is 2.20. The summed E-state index contributed by atoms with van der Waals surface area (Å²) in [6.07, 6.45) is 0. The van der Waals surface area contributed by atoms with Crippen LogP contribution in [0.1, 0.15) is 13.8 Å². The Morgan fingerprint density at radius 2 is 1.86 bits per heavy atom. The number of esters is 1. The van der Waals surface area contributed by atoms with Crippen molar-refractivity contribution in [3.05, 3.63) is 30.3 Å². The van der Waals surface area contributed by atoms with E-state index in [1.54, 1.807) is 13.8 Å². The van der Waals surface area contributed by atoms with Gasteiger partial charge in [-0.25, -0.2) is 4.79 Å². The highest BCUT2D eigenvalue weighted by Crippen LogP contribution is 2.16. The van der Waals surface area contributed by atoms with Gasteiger partial charge in [-0.3, -0.25) is 14.9 Å². The summed E-state index contributed by atoms with van der Waals surface area (Å²) in [4.78, 5) is 35.0. The quantitative estimate of drug-likeness (QED) is 0.615. The van der Waals surface area contributed by atoms with E-state index in [1.165, 1.54) is 11.8 Å². The number of nitrogens with one attached hydrogen (secondary N) is 2. The zero-order valence-corrected chi connectivity index (χ0v) is 12.7. The smallest absolute Gasteiger partial charge is 0.321 e. The van der Waals surface area contributed by atoms with Crippen LogP contribution in [0.4, 0.5) is 4.79 Å². The molecule has 0 radical (unpaired) electrons. The predicted octanol–water partition coefficient (Wildman–Crippen LogP) is 1.56. The fraction of sp³-hybridized carbons (Fsp3) is 0.357. The Morgan fingerprint density at radius 3 is 2.48 bits per heavy atom. The molecular formula is C14H18N2O4S. The molecule has 0 atom stereocenters. The third-order valence-corrected chi connectivity index (χ3v) is 3.12. The van der Waals surface area contributed by atoms with Gasteiger partial charge in [0.2, 0.25) is 0 Å². The van der Waals surface area contributed by atoms with Crippen LogP contribution in [0.15, 0.2) is 35.2 Å². The van der Waals surface area contributed by atoms with Crippen molar-refractivity contribution in [2.45, 2.75) is 24.8 Å². The molecule has 0 aliphatic carbocycles. The number of hydrogen-bond donors (Lipinski definition) is 2. The van der Waals surface area contributed by atoms with E-state index in [0.29, 0.717) is 0 Å². The monoisotopic (exact) mass is 310 g/mol. The number of benzene rings is 1. The first-order valence-electron chi connectivity index (χ1n) is 6.41. The van der Waals surface area contributed by atoms with Crippen LogP contribution in [0, 0.1) is 0 Å². The molecule has 21 heavy (non-hydrogen) atoms. The molecule has 0 aliphatic rings. The van der Waals surface area contributed by atoms with Crippen molar-refractivity contribution in [2.24, 2.45) is 0 Å². The van der Waals surface area contributed by atoms with Gasteiger partial charge in [-0.2, -0.15) is 0 Å². The number of thioether (sulfide) groups is 1. The van der Waals surface area contributed by atoms with Crippen molar-refractivity contribution in [1.29, 1.82) is 0 Å². The summed E-state index contributed by atoms with van der Waals surface area (Å²) in [7, 11) is 0. The molecule has 0 saturated heterocycles.